The normalized spacial score (nSPS) is 11.4. The van der Waals surface area contributed by atoms with E-state index in [1.54, 1.807) is 12.3 Å². The van der Waals surface area contributed by atoms with E-state index < -0.39 is 5.41 Å². The Bertz CT molecular complexity index is 362. The molecule has 4 nitrogen and oxygen atoms in total. The van der Waals surface area contributed by atoms with Crippen molar-refractivity contribution in [2.45, 2.75) is 20.4 Å². The largest absolute Gasteiger partial charge is 0.369 e. The standard InChI is InChI=1S/C11H16ClN3O/c1-11(2,10(13)16)7-14-5-8-3-4-9(12)15-6-8/h3-4,6,14H,5,7H2,1-2H3,(H2,13,16). The molecule has 0 spiro atoms. The molecule has 0 aliphatic heterocycles. The van der Waals surface area contributed by atoms with E-state index in [1.165, 1.54) is 0 Å². The zero-order chi connectivity index (χ0) is 12.2. The van der Waals surface area contributed by atoms with Crippen LogP contribution in [0.3, 0.4) is 0 Å². The summed E-state index contributed by atoms with van der Waals surface area (Å²) in [6.45, 7) is 4.79. The number of carbonyl (C=O) groups is 1. The molecule has 1 aromatic heterocycles. The maximum atomic E-state index is 11.1. The number of pyridine rings is 1. The first-order valence-electron chi connectivity index (χ1n) is 5.03. The SMILES string of the molecule is CC(C)(CNCc1ccc(Cl)nc1)C(N)=O. The molecule has 0 atom stereocenters. The highest BCUT2D eigenvalue weighted by molar-refractivity contribution is 6.29. The minimum Gasteiger partial charge on any atom is -0.369 e. The number of nitrogens with one attached hydrogen (secondary N) is 1. The number of amides is 1. The summed E-state index contributed by atoms with van der Waals surface area (Å²) in [5, 5.41) is 3.63. The van der Waals surface area contributed by atoms with Crippen molar-refractivity contribution in [2.75, 3.05) is 6.54 Å². The van der Waals surface area contributed by atoms with Crippen LogP contribution in [0, 0.1) is 5.41 Å². The van der Waals surface area contributed by atoms with Crippen LogP contribution < -0.4 is 11.1 Å². The van der Waals surface area contributed by atoms with Crippen LogP contribution in [0.1, 0.15) is 19.4 Å². The molecule has 0 fully saturated rings. The van der Waals surface area contributed by atoms with Gasteiger partial charge in [0.05, 0.1) is 5.41 Å². The molecule has 3 N–H and O–H groups in total. The van der Waals surface area contributed by atoms with Gasteiger partial charge in [0.15, 0.2) is 0 Å². The molecule has 0 saturated heterocycles. The molecule has 1 heterocycles. The number of nitrogens with two attached hydrogens (primary N) is 1. The van der Waals surface area contributed by atoms with Crippen LogP contribution in [0.4, 0.5) is 0 Å². The molecule has 88 valence electrons. The molecule has 5 heteroatoms. The summed E-state index contributed by atoms with van der Waals surface area (Å²) in [6, 6.07) is 3.62. The Labute approximate surface area is 100 Å². The number of hydrogen-bond acceptors (Lipinski definition) is 3. The van der Waals surface area contributed by atoms with Crippen molar-refractivity contribution >= 4 is 17.5 Å². The first-order valence-corrected chi connectivity index (χ1v) is 5.41. The number of nitrogens with zero attached hydrogens (tertiary/aromatic N) is 1. The van der Waals surface area contributed by atoms with Gasteiger partial charge in [-0.25, -0.2) is 4.98 Å². The highest BCUT2D eigenvalue weighted by Gasteiger charge is 2.23. The number of primary amides is 1. The van der Waals surface area contributed by atoms with Crippen LogP contribution in [-0.4, -0.2) is 17.4 Å². The van der Waals surface area contributed by atoms with Gasteiger partial charge in [0.2, 0.25) is 5.91 Å². The molecule has 16 heavy (non-hydrogen) atoms. The lowest BCUT2D eigenvalue weighted by Crippen LogP contribution is -2.40. The van der Waals surface area contributed by atoms with E-state index in [0.29, 0.717) is 18.2 Å². The van der Waals surface area contributed by atoms with Crippen molar-refractivity contribution in [1.29, 1.82) is 0 Å². The summed E-state index contributed by atoms with van der Waals surface area (Å²) >= 11 is 5.67. The molecular formula is C11H16ClN3O. The second-order valence-corrected chi connectivity index (χ2v) is 4.73. The van der Waals surface area contributed by atoms with Gasteiger partial charge in [0.1, 0.15) is 5.15 Å². The first kappa shape index (κ1) is 12.9. The summed E-state index contributed by atoms with van der Waals surface area (Å²) in [5.74, 6) is -0.311. The van der Waals surface area contributed by atoms with Crippen LogP contribution in [-0.2, 0) is 11.3 Å². The molecule has 0 saturated carbocycles. The quantitative estimate of drug-likeness (QED) is 0.765. The van der Waals surface area contributed by atoms with Crippen molar-refractivity contribution in [1.82, 2.24) is 10.3 Å². The Balaban J connectivity index is 2.41. The van der Waals surface area contributed by atoms with Crippen molar-refractivity contribution in [2.24, 2.45) is 11.1 Å². The van der Waals surface area contributed by atoms with Gasteiger partial charge in [-0.15, -0.1) is 0 Å². The predicted molar refractivity (Wildman–Crippen MR) is 63.9 cm³/mol. The molecule has 0 unspecified atom stereocenters. The van der Waals surface area contributed by atoms with Gasteiger partial charge in [0.25, 0.3) is 0 Å². The molecular weight excluding hydrogens is 226 g/mol. The van der Waals surface area contributed by atoms with Crippen LogP contribution in [0.15, 0.2) is 18.3 Å². The Morgan fingerprint density at radius 3 is 2.75 bits per heavy atom. The zero-order valence-electron chi connectivity index (χ0n) is 9.46. The highest BCUT2D eigenvalue weighted by atomic mass is 35.5. The van der Waals surface area contributed by atoms with E-state index in [9.17, 15) is 4.79 Å². The van der Waals surface area contributed by atoms with E-state index in [0.717, 1.165) is 5.56 Å². The molecule has 0 aromatic carbocycles. The van der Waals surface area contributed by atoms with Crippen LogP contribution >= 0.6 is 11.6 Å². The lowest BCUT2D eigenvalue weighted by atomic mass is 9.93. The maximum Gasteiger partial charge on any atom is 0.224 e. The third-order valence-corrected chi connectivity index (χ3v) is 2.58. The molecule has 0 aliphatic carbocycles. The molecule has 0 aliphatic rings. The van der Waals surface area contributed by atoms with E-state index in [1.807, 2.05) is 19.9 Å². The van der Waals surface area contributed by atoms with E-state index in [-0.39, 0.29) is 5.91 Å². The summed E-state index contributed by atoms with van der Waals surface area (Å²) in [6.07, 6.45) is 1.70. The Morgan fingerprint density at radius 1 is 1.56 bits per heavy atom. The Hall–Kier alpha value is -1.13. The molecule has 0 bridgehead atoms. The van der Waals surface area contributed by atoms with Gasteiger partial charge >= 0.3 is 0 Å². The number of carbonyl (C=O) groups excluding carboxylic acids is 1. The van der Waals surface area contributed by atoms with Crippen LogP contribution in [0.5, 0.6) is 0 Å². The minimum absolute atomic E-state index is 0.311. The average molecular weight is 242 g/mol. The Morgan fingerprint density at radius 2 is 2.25 bits per heavy atom. The fraction of sp³-hybridized carbons (Fsp3) is 0.455. The van der Waals surface area contributed by atoms with Gasteiger partial charge in [-0.2, -0.15) is 0 Å². The number of halogens is 1. The second-order valence-electron chi connectivity index (χ2n) is 4.34. The zero-order valence-corrected chi connectivity index (χ0v) is 10.2. The lowest BCUT2D eigenvalue weighted by molar-refractivity contribution is -0.125. The summed E-state index contributed by atoms with van der Waals surface area (Å²) < 4.78 is 0. The smallest absolute Gasteiger partial charge is 0.224 e. The topological polar surface area (TPSA) is 68.0 Å². The van der Waals surface area contributed by atoms with E-state index in [4.69, 9.17) is 17.3 Å². The van der Waals surface area contributed by atoms with Crippen molar-refractivity contribution in [3.63, 3.8) is 0 Å². The number of rotatable bonds is 5. The Kier molecular flexibility index (Phi) is 4.26. The summed E-state index contributed by atoms with van der Waals surface area (Å²) in [5.41, 5.74) is 5.74. The molecule has 1 amide bonds. The average Bonchev–Trinajstić information content (AvgIpc) is 2.20. The fourth-order valence-electron chi connectivity index (χ4n) is 1.12. The second kappa shape index (κ2) is 5.27. The first-order chi connectivity index (χ1) is 7.42. The molecule has 1 rings (SSSR count). The third kappa shape index (κ3) is 3.79. The minimum atomic E-state index is -0.542. The van der Waals surface area contributed by atoms with E-state index in [2.05, 4.69) is 10.3 Å². The van der Waals surface area contributed by atoms with Gasteiger partial charge in [-0.05, 0) is 25.5 Å². The van der Waals surface area contributed by atoms with E-state index >= 15 is 0 Å². The maximum absolute atomic E-state index is 11.1. The van der Waals surface area contributed by atoms with Crippen LogP contribution in [0.2, 0.25) is 5.15 Å². The highest BCUT2D eigenvalue weighted by Crippen LogP contribution is 2.12. The number of aromatic nitrogens is 1. The monoisotopic (exact) mass is 241 g/mol. The lowest BCUT2D eigenvalue weighted by Gasteiger charge is -2.20. The van der Waals surface area contributed by atoms with Crippen molar-refractivity contribution in [3.05, 3.63) is 29.0 Å². The summed E-state index contributed by atoms with van der Waals surface area (Å²) in [7, 11) is 0. The van der Waals surface area contributed by atoms with Gasteiger partial charge in [-0.3, -0.25) is 4.79 Å². The molecule has 1 aromatic rings. The predicted octanol–water partition coefficient (Wildman–Crippen LogP) is 1.34. The van der Waals surface area contributed by atoms with Gasteiger partial charge in [-0.1, -0.05) is 17.7 Å². The fourth-order valence-corrected chi connectivity index (χ4v) is 1.23. The molecule has 0 radical (unpaired) electrons. The van der Waals surface area contributed by atoms with Crippen molar-refractivity contribution in [3.8, 4) is 0 Å². The summed E-state index contributed by atoms with van der Waals surface area (Å²) in [4.78, 5) is 15.0. The van der Waals surface area contributed by atoms with Crippen LogP contribution in [0.25, 0.3) is 0 Å². The van der Waals surface area contributed by atoms with Gasteiger partial charge < -0.3 is 11.1 Å². The van der Waals surface area contributed by atoms with Gasteiger partial charge in [0, 0.05) is 19.3 Å². The number of hydrogen-bond donors (Lipinski definition) is 2. The third-order valence-electron chi connectivity index (χ3n) is 2.35. The van der Waals surface area contributed by atoms with Crippen molar-refractivity contribution < 1.29 is 4.79 Å².